The third kappa shape index (κ3) is 8.20. The number of carbonyl (C=O) groups excluding carboxylic acids is 2. The van der Waals surface area contributed by atoms with Crippen LogP contribution < -0.4 is 24.4 Å². The number of hydrogen-bond donors (Lipinski definition) is 4. The van der Waals surface area contributed by atoms with E-state index in [1.165, 1.54) is 5.56 Å². The van der Waals surface area contributed by atoms with E-state index in [-0.39, 0.29) is 36.0 Å². The first-order valence-corrected chi connectivity index (χ1v) is 22.2. The van der Waals surface area contributed by atoms with E-state index < -0.39 is 7.12 Å². The molecule has 4 heterocycles. The molecule has 0 atom stereocenters. The largest absolute Gasteiger partial charge is 0.488 e. The number of ether oxygens (including phenoxy) is 4. The van der Waals surface area contributed by atoms with E-state index >= 15 is 0 Å². The highest BCUT2D eigenvalue weighted by molar-refractivity contribution is 9.10. The highest BCUT2D eigenvalue weighted by atomic mass is 79.9. The molecule has 10 nitrogen and oxygen atoms in total. The minimum atomic E-state index is -1.34. The van der Waals surface area contributed by atoms with Crippen LogP contribution >= 0.6 is 15.9 Å². The average Bonchev–Trinajstić information content (AvgIpc) is 4.07. The maximum Gasteiger partial charge on any atom is 0.488 e. The number of halogens is 1. The Bertz CT molecular complexity index is 3010. The second-order valence-corrected chi connectivity index (χ2v) is 17.6. The molecule has 4 N–H and O–H groups in total. The van der Waals surface area contributed by atoms with Gasteiger partial charge in [0.25, 0.3) is 0 Å². The average molecular weight is 916 g/mol. The number of fused-ring (bicyclic) bond motifs is 4. The first-order chi connectivity index (χ1) is 31.2. The zero-order valence-corrected chi connectivity index (χ0v) is 36.4. The molecule has 320 valence electrons. The predicted octanol–water partition coefficient (Wildman–Crippen LogP) is 9.28. The lowest BCUT2D eigenvalue weighted by Gasteiger charge is -2.15. The van der Waals surface area contributed by atoms with E-state index in [9.17, 15) is 9.59 Å². The van der Waals surface area contributed by atoms with E-state index in [0.29, 0.717) is 18.3 Å². The zero-order chi connectivity index (χ0) is 43.8. The van der Waals surface area contributed by atoms with Crippen molar-refractivity contribution in [1.82, 2.24) is 9.97 Å². The Morgan fingerprint density at radius 1 is 0.562 bits per heavy atom. The van der Waals surface area contributed by atoms with Gasteiger partial charge in [-0.2, -0.15) is 0 Å². The fraction of sp³-hybridized carbons (Fsp3) is 0.192. The summed E-state index contributed by atoms with van der Waals surface area (Å²) in [5.74, 6) is 3.56. The minimum absolute atomic E-state index is 0.250. The zero-order valence-electron chi connectivity index (χ0n) is 34.8. The maximum atomic E-state index is 13.3. The van der Waals surface area contributed by atoms with Gasteiger partial charge in [-0.3, -0.25) is 9.59 Å². The van der Waals surface area contributed by atoms with Crippen LogP contribution in [-0.4, -0.2) is 52.3 Å². The van der Waals surface area contributed by atoms with Gasteiger partial charge in [-0.05, 0) is 123 Å². The van der Waals surface area contributed by atoms with Crippen molar-refractivity contribution in [1.29, 1.82) is 0 Å². The van der Waals surface area contributed by atoms with Crippen molar-refractivity contribution < 1.29 is 38.6 Å². The first-order valence-electron chi connectivity index (χ1n) is 21.4. The number of benzene rings is 6. The summed E-state index contributed by atoms with van der Waals surface area (Å²) in [6.07, 6.45) is 8.45. The number of aromatic amines is 2. The van der Waals surface area contributed by atoms with Crippen molar-refractivity contribution in [2.24, 2.45) is 0 Å². The molecule has 64 heavy (non-hydrogen) atoms. The smallest absolute Gasteiger partial charge is 0.454 e. The number of carbonyl (C=O) groups is 2. The van der Waals surface area contributed by atoms with Gasteiger partial charge in [-0.15, -0.1) is 0 Å². The Kier molecular flexibility index (Phi) is 11.1. The molecule has 8 aromatic rings. The van der Waals surface area contributed by atoms with Gasteiger partial charge in [0.2, 0.25) is 13.6 Å². The number of H-pyrrole nitrogens is 2. The summed E-state index contributed by atoms with van der Waals surface area (Å²) >= 11 is 3.54. The molecule has 0 radical (unpaired) electrons. The molecule has 0 spiro atoms. The summed E-state index contributed by atoms with van der Waals surface area (Å²) in [5.41, 5.74) is 8.47. The molecule has 0 unspecified atom stereocenters. The lowest BCUT2D eigenvalue weighted by Crippen LogP contribution is -2.29. The summed E-state index contributed by atoms with van der Waals surface area (Å²) in [4.78, 5) is 33.0. The van der Waals surface area contributed by atoms with Crippen molar-refractivity contribution in [3.05, 3.63) is 173 Å². The van der Waals surface area contributed by atoms with E-state index in [4.69, 9.17) is 29.0 Å². The van der Waals surface area contributed by atoms with Crippen molar-refractivity contribution >= 4 is 61.9 Å². The summed E-state index contributed by atoms with van der Waals surface area (Å²) in [6.45, 7) is 0.505. The fourth-order valence-electron chi connectivity index (χ4n) is 8.81. The van der Waals surface area contributed by atoms with Crippen LogP contribution in [0.2, 0.25) is 0 Å². The third-order valence-electron chi connectivity index (χ3n) is 12.8. The minimum Gasteiger partial charge on any atom is -0.454 e. The molecular formula is C52H44BBrN2O8. The van der Waals surface area contributed by atoms with E-state index in [1.54, 1.807) is 24.3 Å². The number of ketones is 2. The summed E-state index contributed by atoms with van der Waals surface area (Å²) in [6, 6.07) is 43.2. The predicted molar refractivity (Wildman–Crippen MR) is 250 cm³/mol. The highest BCUT2D eigenvalue weighted by Gasteiger charge is 2.51. The van der Waals surface area contributed by atoms with E-state index in [1.807, 2.05) is 85.2 Å². The van der Waals surface area contributed by atoms with Crippen LogP contribution in [0.4, 0.5) is 0 Å². The first kappa shape index (κ1) is 41.4. The third-order valence-corrected chi connectivity index (χ3v) is 13.4. The standard InChI is InChI=1S/C26H21NO3.C20H16BrNO3.C6H7BO2/c28-25(26(10-11-26)19-7-9-23-24(14-19)30-16-29-23)13-17-6-8-22-20(12-17)21(15-27-22)18-4-2-1-3-5-18;21-15-10-22-16-3-1-12(7-14(15)16)8-19(23)20(5-6-20)13-2-4-17-18(9-13)25-11-24-17;8-7(9)6-4-2-1-3-5-6/h1-9,12,14-15,27H,10-11,13,16H2;1-4,7,9-10,22H,5-6,8,11H2;1-5,8-9H. The lowest BCUT2D eigenvalue weighted by molar-refractivity contribution is -0.121. The summed E-state index contributed by atoms with van der Waals surface area (Å²) < 4.78 is 22.8. The quantitative estimate of drug-likeness (QED) is 0.0996. The van der Waals surface area contributed by atoms with Crippen LogP contribution in [0.15, 0.2) is 150 Å². The Hall–Kier alpha value is -6.60. The molecule has 12 heteroatoms. The normalized spacial score (nSPS) is 15.4. The van der Waals surface area contributed by atoms with Crippen molar-refractivity contribution in [3.8, 4) is 34.1 Å². The Morgan fingerprint density at radius 2 is 1.05 bits per heavy atom. The van der Waals surface area contributed by atoms with Gasteiger partial charge < -0.3 is 39.0 Å². The number of nitrogens with one attached hydrogen (secondary N) is 2. The number of hydrogen-bond acceptors (Lipinski definition) is 8. The Morgan fingerprint density at radius 3 is 1.56 bits per heavy atom. The monoisotopic (exact) mass is 914 g/mol. The maximum absolute atomic E-state index is 13.3. The van der Waals surface area contributed by atoms with Crippen LogP contribution in [-0.2, 0) is 33.3 Å². The van der Waals surface area contributed by atoms with Crippen molar-refractivity contribution in [3.63, 3.8) is 0 Å². The molecule has 12 rings (SSSR count). The number of Topliss-reactive ketones (excluding diaryl/α,β-unsaturated/α-hetero) is 2. The molecule has 4 aliphatic rings. The molecule has 2 aromatic heterocycles. The van der Waals surface area contributed by atoms with Crippen LogP contribution in [0.5, 0.6) is 23.0 Å². The second-order valence-electron chi connectivity index (χ2n) is 16.7. The molecule has 6 aromatic carbocycles. The van der Waals surface area contributed by atoms with E-state index in [2.05, 4.69) is 62.3 Å². The Labute approximate surface area is 378 Å². The summed E-state index contributed by atoms with van der Waals surface area (Å²) in [5, 5.41) is 19.4. The molecule has 0 amide bonds. The molecule has 0 saturated heterocycles. The van der Waals surface area contributed by atoms with Crippen LogP contribution in [0.3, 0.4) is 0 Å². The van der Waals surface area contributed by atoms with Crippen LogP contribution in [0, 0.1) is 0 Å². The van der Waals surface area contributed by atoms with Gasteiger partial charge in [-0.25, -0.2) is 0 Å². The van der Waals surface area contributed by atoms with E-state index in [0.717, 1.165) is 103 Å². The van der Waals surface area contributed by atoms with Gasteiger partial charge in [0.1, 0.15) is 11.6 Å². The van der Waals surface area contributed by atoms with Crippen molar-refractivity contribution in [2.45, 2.75) is 49.4 Å². The van der Waals surface area contributed by atoms with Gasteiger partial charge in [0.15, 0.2) is 23.0 Å². The molecule has 2 saturated carbocycles. The molecule has 2 aliphatic heterocycles. The van der Waals surface area contributed by atoms with Crippen LogP contribution in [0.1, 0.15) is 47.9 Å². The highest BCUT2D eigenvalue weighted by Crippen LogP contribution is 2.53. The molecule has 2 fully saturated rings. The second kappa shape index (κ2) is 17.2. The van der Waals surface area contributed by atoms with Crippen LogP contribution in [0.25, 0.3) is 32.9 Å². The van der Waals surface area contributed by atoms with Gasteiger partial charge in [0.05, 0.1) is 10.8 Å². The van der Waals surface area contributed by atoms with Crippen molar-refractivity contribution in [2.75, 3.05) is 13.6 Å². The molecular weight excluding hydrogens is 871 g/mol. The fourth-order valence-corrected chi connectivity index (χ4v) is 9.25. The number of aromatic nitrogens is 2. The summed E-state index contributed by atoms with van der Waals surface area (Å²) in [7, 11) is -1.34. The lowest BCUT2D eigenvalue weighted by atomic mass is 9.81. The molecule has 0 bridgehead atoms. The van der Waals surface area contributed by atoms with Gasteiger partial charge in [-0.1, -0.05) is 84.9 Å². The number of rotatable bonds is 10. The van der Waals surface area contributed by atoms with Gasteiger partial charge in [0, 0.05) is 57.1 Å². The topological polar surface area (TPSA) is 143 Å². The SMILES string of the molecule is O=C(Cc1ccc2[nH]cc(-c3ccccc3)c2c1)C1(c2ccc3c(c2)OCO3)CC1.O=C(Cc1ccc2[nH]cc(Br)c2c1)C1(c2ccc3c(c2)OCO3)CC1.OB(O)c1ccccc1. The molecule has 2 aliphatic carbocycles. The van der Waals surface area contributed by atoms with Gasteiger partial charge >= 0.3 is 7.12 Å². The Balaban J connectivity index is 0.000000129.